The molecule has 0 unspecified atom stereocenters. The Hall–Kier alpha value is -1.15. The van der Waals surface area contributed by atoms with Crippen molar-refractivity contribution >= 4 is 5.71 Å². The number of hydrogen-bond donors (Lipinski definition) is 1. The molecule has 2 heteroatoms. The Labute approximate surface area is 111 Å². The van der Waals surface area contributed by atoms with E-state index >= 15 is 0 Å². The first kappa shape index (κ1) is 14.9. The van der Waals surface area contributed by atoms with Gasteiger partial charge in [0.15, 0.2) is 0 Å². The Balaban J connectivity index is 2.46. The van der Waals surface area contributed by atoms with Crippen molar-refractivity contribution in [2.45, 2.75) is 46.0 Å². The summed E-state index contributed by atoms with van der Waals surface area (Å²) in [7, 11) is 0. The average molecular weight is 246 g/mol. The molecular weight excluding hydrogens is 220 g/mol. The number of aryl methyl sites for hydroxylation is 1. The summed E-state index contributed by atoms with van der Waals surface area (Å²) in [4.78, 5) is 4.64. The van der Waals surface area contributed by atoms with E-state index < -0.39 is 0 Å². The second-order valence-electron chi connectivity index (χ2n) is 4.82. The van der Waals surface area contributed by atoms with Gasteiger partial charge in [-0.05, 0) is 24.5 Å². The van der Waals surface area contributed by atoms with Crippen molar-refractivity contribution in [2.24, 2.45) is 10.7 Å². The van der Waals surface area contributed by atoms with Gasteiger partial charge in [0.05, 0.1) is 0 Å². The fourth-order valence-corrected chi connectivity index (χ4v) is 2.00. The Kier molecular flexibility index (Phi) is 7.35. The molecule has 0 aromatic heterocycles. The first-order chi connectivity index (χ1) is 8.77. The summed E-state index contributed by atoms with van der Waals surface area (Å²) in [6.07, 6.45) is 5.95. The summed E-state index contributed by atoms with van der Waals surface area (Å²) in [5.74, 6) is 0. The third kappa shape index (κ3) is 5.46. The molecule has 1 rings (SSSR count). The molecule has 1 aromatic rings. The molecule has 100 valence electrons. The maximum Gasteiger partial charge on any atom is 0.0389 e. The molecule has 0 amide bonds. The highest BCUT2D eigenvalue weighted by Gasteiger charge is 2.02. The van der Waals surface area contributed by atoms with Gasteiger partial charge in [-0.3, -0.25) is 4.99 Å². The predicted octanol–water partition coefficient (Wildman–Crippen LogP) is 3.52. The van der Waals surface area contributed by atoms with Crippen LogP contribution in [0.15, 0.2) is 29.3 Å². The summed E-state index contributed by atoms with van der Waals surface area (Å²) in [6, 6.07) is 8.46. The van der Waals surface area contributed by atoms with Crippen molar-refractivity contribution < 1.29 is 0 Å². The molecule has 0 spiro atoms. The zero-order valence-corrected chi connectivity index (χ0v) is 11.8. The minimum Gasteiger partial charge on any atom is -0.325 e. The van der Waals surface area contributed by atoms with Crippen molar-refractivity contribution in [3.05, 3.63) is 35.4 Å². The van der Waals surface area contributed by atoms with Crippen LogP contribution in [0.25, 0.3) is 0 Å². The molecule has 0 saturated carbocycles. The fraction of sp³-hybridized carbons (Fsp3) is 0.562. The van der Waals surface area contributed by atoms with Crippen molar-refractivity contribution in [1.82, 2.24) is 0 Å². The maximum absolute atomic E-state index is 5.78. The zero-order chi connectivity index (χ0) is 13.2. The Morgan fingerprint density at radius 1 is 1.17 bits per heavy atom. The standard InChI is InChI=1S/C16H26N2/c1-3-4-5-8-11-18-16(13-17)12-15-10-7-6-9-14(15)2/h6-7,9-10H,3-5,8,11-13,17H2,1-2H3. The first-order valence-electron chi connectivity index (χ1n) is 7.04. The molecule has 0 fully saturated rings. The van der Waals surface area contributed by atoms with Crippen molar-refractivity contribution in [1.29, 1.82) is 0 Å². The lowest BCUT2D eigenvalue weighted by molar-refractivity contribution is 0.674. The van der Waals surface area contributed by atoms with Gasteiger partial charge in [-0.25, -0.2) is 0 Å². The number of unbranched alkanes of at least 4 members (excludes halogenated alkanes) is 3. The second kappa shape index (κ2) is 8.87. The maximum atomic E-state index is 5.78. The molecule has 0 radical (unpaired) electrons. The van der Waals surface area contributed by atoms with Gasteiger partial charge in [0.25, 0.3) is 0 Å². The smallest absolute Gasteiger partial charge is 0.0389 e. The normalized spacial score (nSPS) is 11.8. The van der Waals surface area contributed by atoms with Crippen LogP contribution in [0.2, 0.25) is 0 Å². The van der Waals surface area contributed by atoms with E-state index in [4.69, 9.17) is 5.73 Å². The molecule has 1 aromatic carbocycles. The lowest BCUT2D eigenvalue weighted by atomic mass is 10.0. The molecule has 0 saturated heterocycles. The van der Waals surface area contributed by atoms with E-state index in [0.717, 1.165) is 18.7 Å². The lowest BCUT2D eigenvalue weighted by Gasteiger charge is -2.07. The first-order valence-corrected chi connectivity index (χ1v) is 7.04. The molecular formula is C16H26N2. The van der Waals surface area contributed by atoms with Gasteiger partial charge in [-0.2, -0.15) is 0 Å². The third-order valence-corrected chi connectivity index (χ3v) is 3.24. The number of nitrogens with two attached hydrogens (primary N) is 1. The predicted molar refractivity (Wildman–Crippen MR) is 80.4 cm³/mol. The minimum absolute atomic E-state index is 0.572. The van der Waals surface area contributed by atoms with Gasteiger partial charge >= 0.3 is 0 Å². The van der Waals surface area contributed by atoms with Gasteiger partial charge in [0, 0.05) is 25.2 Å². The topological polar surface area (TPSA) is 38.4 Å². The van der Waals surface area contributed by atoms with Crippen LogP contribution in [0.1, 0.15) is 43.7 Å². The minimum atomic E-state index is 0.572. The molecule has 0 bridgehead atoms. The highest BCUT2D eigenvalue weighted by Crippen LogP contribution is 2.08. The fourth-order valence-electron chi connectivity index (χ4n) is 2.00. The van der Waals surface area contributed by atoms with Crippen molar-refractivity contribution in [3.8, 4) is 0 Å². The molecule has 0 heterocycles. The van der Waals surface area contributed by atoms with Crippen molar-refractivity contribution in [3.63, 3.8) is 0 Å². The average Bonchev–Trinajstić information content (AvgIpc) is 2.39. The molecule has 0 aliphatic carbocycles. The molecule has 2 N–H and O–H groups in total. The lowest BCUT2D eigenvalue weighted by Crippen LogP contribution is -2.17. The van der Waals surface area contributed by atoms with Gasteiger partial charge in [-0.15, -0.1) is 0 Å². The third-order valence-electron chi connectivity index (χ3n) is 3.24. The zero-order valence-electron chi connectivity index (χ0n) is 11.8. The summed E-state index contributed by atoms with van der Waals surface area (Å²) in [6.45, 7) is 5.87. The van der Waals surface area contributed by atoms with Crippen LogP contribution >= 0.6 is 0 Å². The van der Waals surface area contributed by atoms with E-state index in [9.17, 15) is 0 Å². The van der Waals surface area contributed by atoms with E-state index in [-0.39, 0.29) is 0 Å². The van der Waals surface area contributed by atoms with Crippen LogP contribution in [0, 0.1) is 6.92 Å². The van der Waals surface area contributed by atoms with E-state index in [1.54, 1.807) is 0 Å². The highest BCUT2D eigenvalue weighted by atomic mass is 14.8. The van der Waals surface area contributed by atoms with Gasteiger partial charge in [0.2, 0.25) is 0 Å². The van der Waals surface area contributed by atoms with Gasteiger partial charge in [0.1, 0.15) is 0 Å². The number of nitrogens with zero attached hydrogens (tertiary/aromatic N) is 1. The van der Waals surface area contributed by atoms with E-state index in [0.29, 0.717) is 6.54 Å². The molecule has 0 aliphatic heterocycles. The SMILES string of the molecule is CCCCCCN=C(CN)Cc1ccccc1C. The van der Waals surface area contributed by atoms with Crippen LogP contribution in [0.4, 0.5) is 0 Å². The van der Waals surface area contributed by atoms with Gasteiger partial charge < -0.3 is 5.73 Å². The second-order valence-corrected chi connectivity index (χ2v) is 4.82. The van der Waals surface area contributed by atoms with E-state index in [2.05, 4.69) is 43.1 Å². The van der Waals surface area contributed by atoms with Crippen LogP contribution in [0.5, 0.6) is 0 Å². The Morgan fingerprint density at radius 2 is 1.94 bits per heavy atom. The summed E-state index contributed by atoms with van der Waals surface area (Å²) in [5, 5.41) is 0. The molecule has 18 heavy (non-hydrogen) atoms. The number of rotatable bonds is 8. The Morgan fingerprint density at radius 3 is 2.61 bits per heavy atom. The summed E-state index contributed by atoms with van der Waals surface area (Å²) >= 11 is 0. The van der Waals surface area contributed by atoms with Crippen molar-refractivity contribution in [2.75, 3.05) is 13.1 Å². The van der Waals surface area contributed by atoms with E-state index in [1.165, 1.54) is 36.8 Å². The number of hydrogen-bond acceptors (Lipinski definition) is 2. The van der Waals surface area contributed by atoms with Crippen LogP contribution < -0.4 is 5.73 Å². The van der Waals surface area contributed by atoms with Crippen LogP contribution in [-0.4, -0.2) is 18.8 Å². The largest absolute Gasteiger partial charge is 0.325 e. The van der Waals surface area contributed by atoms with Gasteiger partial charge in [-0.1, -0.05) is 50.5 Å². The van der Waals surface area contributed by atoms with Crippen LogP contribution in [-0.2, 0) is 6.42 Å². The molecule has 2 nitrogen and oxygen atoms in total. The quantitative estimate of drug-likeness (QED) is 0.553. The Bertz CT molecular complexity index is 369. The monoisotopic (exact) mass is 246 g/mol. The van der Waals surface area contributed by atoms with E-state index in [1.807, 2.05) is 0 Å². The number of aliphatic imine (C=N–C) groups is 1. The highest BCUT2D eigenvalue weighted by molar-refractivity contribution is 5.88. The van der Waals surface area contributed by atoms with Crippen LogP contribution in [0.3, 0.4) is 0 Å². The molecule has 0 aliphatic rings. The summed E-state index contributed by atoms with van der Waals surface area (Å²) in [5.41, 5.74) is 9.57. The molecule has 0 atom stereocenters. The summed E-state index contributed by atoms with van der Waals surface area (Å²) < 4.78 is 0. The number of benzene rings is 1.